The fourth-order valence-electron chi connectivity index (χ4n) is 23.2. The summed E-state index contributed by atoms with van der Waals surface area (Å²) >= 11 is 0. The quantitative estimate of drug-likeness (QED) is 0.0509. The summed E-state index contributed by atoms with van der Waals surface area (Å²) in [5, 5.41) is 24.8. The molecule has 12 saturated carbocycles. The molecule has 3 aromatic heterocycles. The summed E-state index contributed by atoms with van der Waals surface area (Å²) in [6, 6.07) is 30.8. The number of fused-ring (bicyclic) bond motifs is 3. The van der Waals surface area contributed by atoms with Gasteiger partial charge in [0.2, 0.25) is 0 Å². The molecule has 18 nitrogen and oxygen atoms in total. The van der Waals surface area contributed by atoms with Crippen LogP contribution in [0.1, 0.15) is 237 Å². The van der Waals surface area contributed by atoms with Crippen molar-refractivity contribution in [3.05, 3.63) is 159 Å². The first-order valence-electron chi connectivity index (χ1n) is 39.5. The largest absolute Gasteiger partial charge is 0.466 e. The van der Waals surface area contributed by atoms with Gasteiger partial charge in [0.15, 0.2) is 17.1 Å². The summed E-state index contributed by atoms with van der Waals surface area (Å²) in [7, 11) is 0. The van der Waals surface area contributed by atoms with E-state index in [-0.39, 0.29) is 59.0 Å². The summed E-state index contributed by atoms with van der Waals surface area (Å²) in [5.74, 6) is 6.34. The average Bonchev–Trinajstić information content (AvgIpc) is 1.46. The number of hydrogen-bond donors (Lipinski definition) is 3. The Balaban J connectivity index is 0.000000118. The zero-order valence-electron chi connectivity index (χ0n) is 60.2. The lowest BCUT2D eigenvalue weighted by Gasteiger charge is -2.56. The molecule has 102 heavy (non-hydrogen) atoms. The van der Waals surface area contributed by atoms with Gasteiger partial charge in [-0.25, -0.2) is 0 Å². The van der Waals surface area contributed by atoms with E-state index in [1.807, 2.05) is 89.4 Å². The summed E-state index contributed by atoms with van der Waals surface area (Å²) in [6.45, 7) is 9.23. The highest BCUT2D eigenvalue weighted by atomic mass is 16.5. The Kier molecular flexibility index (Phi) is 19.5. The third-order valence-corrected chi connectivity index (χ3v) is 26.7. The van der Waals surface area contributed by atoms with E-state index in [0.717, 1.165) is 124 Å². The maximum Gasteiger partial charge on any atom is 0.313 e. The van der Waals surface area contributed by atoms with Crippen LogP contribution < -0.4 is 16.0 Å². The van der Waals surface area contributed by atoms with Crippen molar-refractivity contribution in [3.8, 4) is 0 Å². The second kappa shape index (κ2) is 29.0. The molecule has 0 spiro atoms. The van der Waals surface area contributed by atoms with Gasteiger partial charge in [-0.15, -0.1) is 0 Å². The molecule has 5 unspecified atom stereocenters. The molecule has 12 fully saturated rings. The van der Waals surface area contributed by atoms with Gasteiger partial charge in [0.1, 0.15) is 0 Å². The van der Waals surface area contributed by atoms with Crippen molar-refractivity contribution >= 4 is 35.6 Å². The summed E-state index contributed by atoms with van der Waals surface area (Å²) in [5.41, 5.74) is 11.2. The first kappa shape index (κ1) is 68.5. The van der Waals surface area contributed by atoms with Crippen LogP contribution in [0.15, 0.2) is 91.0 Å². The Morgan fingerprint density at radius 3 is 1.37 bits per heavy atom. The van der Waals surface area contributed by atoms with E-state index in [1.165, 1.54) is 89.9 Å². The van der Waals surface area contributed by atoms with E-state index in [4.69, 9.17) is 29.5 Å². The Bertz CT molecular complexity index is 4000. The Morgan fingerprint density at radius 2 is 0.892 bits per heavy atom. The number of carbonyl (C=O) groups is 6. The van der Waals surface area contributed by atoms with Crippen LogP contribution in [0.5, 0.6) is 0 Å². The number of nitrogens with zero attached hydrogens (tertiary/aromatic N) is 6. The molecule has 3 amide bonds. The van der Waals surface area contributed by atoms with E-state index in [9.17, 15) is 28.8 Å². The number of hydrogen-bond acceptors (Lipinski definition) is 12. The summed E-state index contributed by atoms with van der Waals surface area (Å²) < 4.78 is 21.9. The van der Waals surface area contributed by atoms with Gasteiger partial charge in [-0.2, -0.15) is 15.3 Å². The Morgan fingerprint density at radius 1 is 0.461 bits per heavy atom. The maximum atomic E-state index is 13.8. The molecule has 0 aliphatic heterocycles. The summed E-state index contributed by atoms with van der Waals surface area (Å²) in [4.78, 5) is 78.8. The molecule has 21 rings (SSSR count). The fraction of sp³-hybridized carbons (Fsp3) is 0.607. The molecular weight excluding hydrogens is 1280 g/mol. The topological polar surface area (TPSA) is 220 Å². The molecule has 0 radical (unpaired) electrons. The number of benzene rings is 3. The number of carbonyl (C=O) groups excluding carboxylic acids is 6. The van der Waals surface area contributed by atoms with Gasteiger partial charge in [0, 0.05) is 64.7 Å². The van der Waals surface area contributed by atoms with Crippen molar-refractivity contribution in [1.82, 2.24) is 45.3 Å². The molecular formula is C84H105N9O9. The molecule has 0 saturated heterocycles. The monoisotopic (exact) mass is 1380 g/mol. The smallest absolute Gasteiger partial charge is 0.313 e. The zero-order chi connectivity index (χ0) is 69.8. The standard InChI is InChI=1S/C29H37N3O3.C28H35N3O3.C27H33N3O3/c1-2-35-28(34)23-8-9-24-25(13-23)32(17-19-6-4-3-5-7-19)31-26(24)27(33)30-18-29-14-20-10-21(15-29)12-22(11-20)16-29;1-2-34-28(33)22-9-6-10-23-24(22)26(30-31(23)16-17-7-4-3-5-8-17)27(32)29-25-20-12-18-11-19(14-20)15-21(25)13-18;1-2-33-26(32)20-8-9-22-23(13-20)30(16-17-6-4-3-5-7-17)29-24(22)25(31)28-27-14-18-10-19(15-27)12-21(27)11-18/h3-7,20-23H,2,8-18H2,1H3,(H,30,33);3-5,7-8,18-22,25H,2,6,9-16H2,1H3,(H,29,32);3-7,18-21H,2,8-16H2,1H3,(H,28,31). The van der Waals surface area contributed by atoms with Gasteiger partial charge < -0.3 is 30.2 Å². The average molecular weight is 1380 g/mol. The molecule has 6 aromatic rings. The molecule has 3 heterocycles. The van der Waals surface area contributed by atoms with Crippen molar-refractivity contribution in [3.63, 3.8) is 0 Å². The van der Waals surface area contributed by atoms with Gasteiger partial charge in [0.25, 0.3) is 17.7 Å². The highest BCUT2D eigenvalue weighted by Gasteiger charge is 2.59. The molecule has 15 aliphatic carbocycles. The predicted molar refractivity (Wildman–Crippen MR) is 385 cm³/mol. The van der Waals surface area contributed by atoms with Crippen molar-refractivity contribution in [2.45, 2.75) is 218 Å². The van der Waals surface area contributed by atoms with Gasteiger partial charge in [-0.1, -0.05) is 91.0 Å². The van der Waals surface area contributed by atoms with Crippen molar-refractivity contribution in [1.29, 1.82) is 0 Å². The Hall–Kier alpha value is -7.89. The van der Waals surface area contributed by atoms with Gasteiger partial charge in [-0.05, 0) is 250 Å². The van der Waals surface area contributed by atoms with Gasteiger partial charge in [0.05, 0.1) is 57.2 Å². The number of amides is 3. The first-order valence-corrected chi connectivity index (χ1v) is 39.5. The van der Waals surface area contributed by atoms with Gasteiger partial charge >= 0.3 is 17.9 Å². The number of esters is 3. The molecule has 18 heteroatoms. The summed E-state index contributed by atoms with van der Waals surface area (Å²) in [6.07, 6.45) is 27.0. The highest BCUT2D eigenvalue weighted by Crippen LogP contribution is 2.62. The van der Waals surface area contributed by atoms with Crippen LogP contribution >= 0.6 is 0 Å². The fourth-order valence-corrected chi connectivity index (χ4v) is 23.2. The molecule has 12 bridgehead atoms. The Labute approximate surface area is 600 Å². The van der Waals surface area contributed by atoms with Crippen LogP contribution in [-0.4, -0.2) is 103 Å². The van der Waals surface area contributed by atoms with E-state index < -0.39 is 5.92 Å². The third kappa shape index (κ3) is 13.8. The van der Waals surface area contributed by atoms with Crippen LogP contribution in [0.4, 0.5) is 0 Å². The molecule has 540 valence electrons. The van der Waals surface area contributed by atoms with Crippen LogP contribution in [0.3, 0.4) is 0 Å². The van der Waals surface area contributed by atoms with Crippen LogP contribution in [0.2, 0.25) is 0 Å². The van der Waals surface area contributed by atoms with Crippen molar-refractivity contribution in [2.75, 3.05) is 26.4 Å². The molecule has 15 aliphatic rings. The number of nitrogens with one attached hydrogen (secondary N) is 3. The molecule has 5 atom stereocenters. The van der Waals surface area contributed by atoms with Crippen molar-refractivity contribution < 1.29 is 43.0 Å². The van der Waals surface area contributed by atoms with Crippen LogP contribution in [-0.2, 0) is 80.3 Å². The predicted octanol–water partition coefficient (Wildman–Crippen LogP) is 12.9. The van der Waals surface area contributed by atoms with Crippen molar-refractivity contribution in [2.24, 2.45) is 76.4 Å². The minimum atomic E-state index is -0.410. The van der Waals surface area contributed by atoms with E-state index in [1.54, 1.807) is 0 Å². The number of rotatable bonds is 19. The van der Waals surface area contributed by atoms with Gasteiger partial charge in [-0.3, -0.25) is 42.8 Å². The van der Waals surface area contributed by atoms with Crippen LogP contribution in [0.25, 0.3) is 0 Å². The lowest BCUT2D eigenvalue weighted by Crippen LogP contribution is -2.56. The molecule has 3 N–H and O–H groups in total. The first-order chi connectivity index (χ1) is 49.7. The second-order valence-electron chi connectivity index (χ2n) is 33.5. The zero-order valence-corrected chi connectivity index (χ0v) is 60.2. The van der Waals surface area contributed by atoms with E-state index in [0.29, 0.717) is 125 Å². The number of ether oxygens (including phenoxy) is 3. The normalized spacial score (nSPS) is 31.1. The minimum Gasteiger partial charge on any atom is -0.466 e. The second-order valence-corrected chi connectivity index (χ2v) is 33.5. The lowest BCUT2D eigenvalue weighted by molar-refractivity contribution is -0.149. The van der Waals surface area contributed by atoms with E-state index >= 15 is 0 Å². The highest BCUT2D eigenvalue weighted by molar-refractivity contribution is 5.97. The third-order valence-electron chi connectivity index (χ3n) is 26.7. The van der Waals surface area contributed by atoms with E-state index in [2.05, 4.69) is 52.3 Å². The maximum absolute atomic E-state index is 13.8. The SMILES string of the molecule is CCOC(=O)C1CCCc2c1c(C(=O)NC1C3CC4CC(C3)CC1C4)nn2Cc1ccccc1.CCOC(=O)C1CCc2c(C(=O)NC34CC5CC(CC3C5)C4)nn(Cc3ccccc3)c2C1.CCOC(=O)C1CCc2c(C(=O)NCC34CC5CC(CC(C5)C3)C4)nn(Cc3ccccc3)c2C1. The number of aromatic nitrogens is 6. The lowest BCUT2D eigenvalue weighted by atomic mass is 9.49. The van der Waals surface area contributed by atoms with Crippen LogP contribution in [0, 0.1) is 76.4 Å². The minimum absolute atomic E-state index is 0.0110. The molecule has 3 aromatic carbocycles.